The van der Waals surface area contributed by atoms with E-state index in [1.54, 1.807) is 24.3 Å². The van der Waals surface area contributed by atoms with Crippen LogP contribution >= 0.6 is 0 Å². The number of carbonyl (C=O) groups is 1. The number of rotatable bonds is 3. The van der Waals surface area contributed by atoms with Gasteiger partial charge in [-0.25, -0.2) is 4.79 Å². The molecule has 1 aliphatic carbocycles. The van der Waals surface area contributed by atoms with Gasteiger partial charge in [-0.1, -0.05) is 18.2 Å². The monoisotopic (exact) mass is 264 g/mol. The number of fused-ring (bicyclic) bond motifs is 1. The normalized spacial score (nSPS) is 39.7. The van der Waals surface area contributed by atoms with Crippen LogP contribution in [-0.2, 0) is 9.47 Å². The molecule has 3 rings (SSSR count). The van der Waals surface area contributed by atoms with Gasteiger partial charge >= 0.3 is 5.97 Å². The number of hydrogen-bond acceptors (Lipinski definition) is 5. The Morgan fingerprint density at radius 2 is 2.11 bits per heavy atom. The average molecular weight is 264 g/mol. The van der Waals surface area contributed by atoms with Crippen molar-refractivity contribution in [2.24, 2.45) is 5.92 Å². The predicted molar refractivity (Wildman–Crippen MR) is 65.5 cm³/mol. The van der Waals surface area contributed by atoms with E-state index in [4.69, 9.17) is 9.47 Å². The minimum Gasteiger partial charge on any atom is -0.453 e. The zero-order chi connectivity index (χ0) is 13.6. The lowest BCUT2D eigenvalue weighted by Crippen LogP contribution is -2.38. The van der Waals surface area contributed by atoms with Gasteiger partial charge in [0.15, 0.2) is 6.10 Å². The second-order valence-electron chi connectivity index (χ2n) is 5.24. The summed E-state index contributed by atoms with van der Waals surface area (Å²) < 4.78 is 10.8. The van der Waals surface area contributed by atoms with Gasteiger partial charge in [0.1, 0.15) is 17.8 Å². The van der Waals surface area contributed by atoms with Crippen LogP contribution in [0.5, 0.6) is 0 Å². The van der Waals surface area contributed by atoms with E-state index in [9.17, 15) is 15.0 Å². The topological polar surface area (TPSA) is 79.3 Å². The number of epoxide rings is 1. The minimum absolute atomic E-state index is 0.187. The molecule has 0 unspecified atom stereocenters. The zero-order valence-corrected chi connectivity index (χ0v) is 10.5. The Kier molecular flexibility index (Phi) is 2.85. The lowest BCUT2D eigenvalue weighted by molar-refractivity contribution is -0.0661. The molecule has 0 amide bonds. The summed E-state index contributed by atoms with van der Waals surface area (Å²) in [7, 11) is 0. The van der Waals surface area contributed by atoms with Crippen molar-refractivity contribution in [3.8, 4) is 0 Å². The Balaban J connectivity index is 1.73. The highest BCUT2D eigenvalue weighted by atomic mass is 16.7. The quantitative estimate of drug-likeness (QED) is 0.608. The second kappa shape index (κ2) is 4.30. The molecule has 1 saturated carbocycles. The van der Waals surface area contributed by atoms with Crippen LogP contribution in [0.25, 0.3) is 0 Å². The minimum atomic E-state index is -0.888. The van der Waals surface area contributed by atoms with E-state index in [0.717, 1.165) is 0 Å². The molecule has 0 bridgehead atoms. The van der Waals surface area contributed by atoms with Crippen LogP contribution < -0.4 is 0 Å². The van der Waals surface area contributed by atoms with Crippen molar-refractivity contribution in [2.75, 3.05) is 6.61 Å². The van der Waals surface area contributed by atoms with Crippen molar-refractivity contribution in [2.45, 2.75) is 30.8 Å². The highest BCUT2D eigenvalue weighted by Gasteiger charge is 2.72. The first-order valence-corrected chi connectivity index (χ1v) is 6.30. The molecule has 1 heterocycles. The van der Waals surface area contributed by atoms with E-state index in [1.165, 1.54) is 0 Å². The summed E-state index contributed by atoms with van der Waals surface area (Å²) in [5.74, 6) is -0.896. The van der Waals surface area contributed by atoms with Crippen molar-refractivity contribution in [1.29, 1.82) is 0 Å². The highest BCUT2D eigenvalue weighted by molar-refractivity contribution is 5.89. The molecular weight excluding hydrogens is 248 g/mol. The van der Waals surface area contributed by atoms with E-state index in [0.29, 0.717) is 5.56 Å². The summed E-state index contributed by atoms with van der Waals surface area (Å²) in [5.41, 5.74) is -0.139. The molecule has 5 nitrogen and oxygen atoms in total. The van der Waals surface area contributed by atoms with Gasteiger partial charge in [0.05, 0.1) is 12.2 Å². The van der Waals surface area contributed by atoms with Crippen molar-refractivity contribution in [1.82, 2.24) is 0 Å². The third kappa shape index (κ3) is 1.85. The summed E-state index contributed by atoms with van der Waals surface area (Å²) in [6, 6.07) is 8.61. The van der Waals surface area contributed by atoms with Crippen molar-refractivity contribution < 1.29 is 24.5 Å². The van der Waals surface area contributed by atoms with Crippen LogP contribution in [0.3, 0.4) is 0 Å². The smallest absolute Gasteiger partial charge is 0.338 e. The van der Waals surface area contributed by atoms with Gasteiger partial charge in [0.25, 0.3) is 0 Å². The Morgan fingerprint density at radius 1 is 1.42 bits per heavy atom. The first-order valence-electron chi connectivity index (χ1n) is 6.30. The molecule has 1 aliphatic heterocycles. The van der Waals surface area contributed by atoms with Crippen LogP contribution in [0.4, 0.5) is 0 Å². The molecule has 5 heteroatoms. The number of aliphatic hydroxyl groups is 2. The van der Waals surface area contributed by atoms with Crippen LogP contribution in [-0.4, -0.2) is 46.7 Å². The fraction of sp³-hybridized carbons (Fsp3) is 0.500. The third-order valence-corrected chi connectivity index (χ3v) is 4.12. The van der Waals surface area contributed by atoms with Gasteiger partial charge in [0.2, 0.25) is 0 Å². The Morgan fingerprint density at radius 3 is 2.68 bits per heavy atom. The number of esters is 1. The van der Waals surface area contributed by atoms with Gasteiger partial charge in [-0.3, -0.25) is 0 Å². The maximum Gasteiger partial charge on any atom is 0.338 e. The molecule has 102 valence electrons. The highest BCUT2D eigenvalue weighted by Crippen LogP contribution is 2.54. The van der Waals surface area contributed by atoms with Crippen molar-refractivity contribution >= 4 is 5.97 Å². The third-order valence-electron chi connectivity index (χ3n) is 4.12. The number of benzene rings is 1. The maximum absolute atomic E-state index is 12.0. The molecule has 1 saturated heterocycles. The Labute approximate surface area is 110 Å². The van der Waals surface area contributed by atoms with Crippen LogP contribution in [0, 0.1) is 5.92 Å². The largest absolute Gasteiger partial charge is 0.453 e. The zero-order valence-electron chi connectivity index (χ0n) is 10.5. The molecular formula is C14H16O5. The van der Waals surface area contributed by atoms with E-state index < -0.39 is 29.7 Å². The summed E-state index contributed by atoms with van der Waals surface area (Å²) in [4.78, 5) is 12.0. The molecule has 0 radical (unpaired) electrons. The number of aliphatic hydroxyl groups excluding tert-OH is 2. The first kappa shape index (κ1) is 12.6. The molecule has 1 aromatic carbocycles. The Bertz CT molecular complexity index is 488. The predicted octanol–water partition coefficient (Wildman–Crippen LogP) is 0.352. The molecule has 2 N–H and O–H groups in total. The van der Waals surface area contributed by atoms with E-state index in [2.05, 4.69) is 0 Å². The lowest BCUT2D eigenvalue weighted by Gasteiger charge is -2.23. The fourth-order valence-corrected chi connectivity index (χ4v) is 2.86. The summed E-state index contributed by atoms with van der Waals surface area (Å²) >= 11 is 0. The molecule has 2 fully saturated rings. The van der Waals surface area contributed by atoms with E-state index >= 15 is 0 Å². The molecule has 0 spiro atoms. The van der Waals surface area contributed by atoms with Crippen LogP contribution in [0.15, 0.2) is 30.3 Å². The van der Waals surface area contributed by atoms with Gasteiger partial charge in [-0.15, -0.1) is 0 Å². The molecule has 0 aromatic heterocycles. The van der Waals surface area contributed by atoms with E-state index in [1.807, 2.05) is 13.0 Å². The molecule has 5 atom stereocenters. The number of ether oxygens (including phenoxy) is 2. The summed E-state index contributed by atoms with van der Waals surface area (Å²) in [6.45, 7) is 1.63. The van der Waals surface area contributed by atoms with Gasteiger partial charge in [-0.05, 0) is 19.1 Å². The van der Waals surface area contributed by atoms with Crippen LogP contribution in [0.1, 0.15) is 17.3 Å². The SMILES string of the molecule is C[C@]12O[C@H]1[C@@H](OC(=O)c1ccccc1)[C@H](O)[C@@H]2CO. The molecule has 1 aromatic rings. The van der Waals surface area contributed by atoms with Crippen molar-refractivity contribution in [3.05, 3.63) is 35.9 Å². The standard InChI is InChI=1S/C14H16O5/c1-14-9(7-15)10(16)11(12(14)19-14)18-13(17)8-5-3-2-4-6-8/h2-6,9-12,15-16H,7H2,1H3/t9-,10+,11-,12-,14+/m0/s1. The first-order chi connectivity index (χ1) is 9.08. The fourth-order valence-electron chi connectivity index (χ4n) is 2.86. The summed E-state index contributed by atoms with van der Waals surface area (Å²) in [6.07, 6.45) is -1.93. The molecule has 19 heavy (non-hydrogen) atoms. The van der Waals surface area contributed by atoms with E-state index in [-0.39, 0.29) is 12.7 Å². The number of carbonyl (C=O) groups excluding carboxylic acids is 1. The Hall–Kier alpha value is -1.43. The molecule has 2 aliphatic rings. The number of hydrogen-bond donors (Lipinski definition) is 2. The van der Waals surface area contributed by atoms with Gasteiger partial charge in [0, 0.05) is 5.92 Å². The van der Waals surface area contributed by atoms with Gasteiger partial charge < -0.3 is 19.7 Å². The lowest BCUT2D eigenvalue weighted by atomic mass is 9.96. The van der Waals surface area contributed by atoms with Crippen LogP contribution in [0.2, 0.25) is 0 Å². The second-order valence-corrected chi connectivity index (χ2v) is 5.24. The van der Waals surface area contributed by atoms with Crippen molar-refractivity contribution in [3.63, 3.8) is 0 Å². The summed E-state index contributed by atoms with van der Waals surface area (Å²) in [5, 5.41) is 19.4. The maximum atomic E-state index is 12.0. The average Bonchev–Trinajstić information content (AvgIpc) is 3.04. The van der Waals surface area contributed by atoms with Gasteiger partial charge in [-0.2, -0.15) is 0 Å².